The van der Waals surface area contributed by atoms with Gasteiger partial charge in [-0.1, -0.05) is 24.3 Å². The molecule has 0 saturated carbocycles. The molecule has 0 fully saturated rings. The zero-order valence-electron chi connectivity index (χ0n) is 9.46. The van der Waals surface area contributed by atoms with E-state index in [4.69, 9.17) is 10.8 Å². The Morgan fingerprint density at radius 3 is 2.47 bits per heavy atom. The van der Waals surface area contributed by atoms with Crippen molar-refractivity contribution in [2.24, 2.45) is 5.73 Å². The van der Waals surface area contributed by atoms with E-state index in [0.29, 0.717) is 0 Å². The zero-order valence-corrected chi connectivity index (χ0v) is 11.1. The zero-order chi connectivity index (χ0) is 11.5. The van der Waals surface area contributed by atoms with Crippen molar-refractivity contribution in [3.63, 3.8) is 0 Å². The van der Waals surface area contributed by atoms with E-state index < -0.39 is 0 Å². The van der Waals surface area contributed by atoms with Crippen LogP contribution in [0.1, 0.15) is 17.3 Å². The Morgan fingerprint density at radius 1 is 1.35 bits per heavy atom. The lowest BCUT2D eigenvalue weighted by Crippen LogP contribution is -2.14. The standard InChI is InChI=1S/C12H14N2OS.ClH/c1-8-12(16-7-14-8)10-4-2-9(3-5-10)11(13)6-15;/h2-5,7,11,15H,6,13H2,1H3;1H. The van der Waals surface area contributed by atoms with Crippen molar-refractivity contribution in [1.29, 1.82) is 0 Å². The Labute approximate surface area is 111 Å². The number of aliphatic hydroxyl groups excluding tert-OH is 1. The second kappa shape index (κ2) is 6.12. The molecule has 92 valence electrons. The molecule has 0 spiro atoms. The minimum Gasteiger partial charge on any atom is -0.394 e. The molecule has 1 heterocycles. The summed E-state index contributed by atoms with van der Waals surface area (Å²) < 4.78 is 0. The first-order valence-electron chi connectivity index (χ1n) is 5.09. The molecule has 3 N–H and O–H groups in total. The Balaban J connectivity index is 0.00000144. The van der Waals surface area contributed by atoms with E-state index in [1.165, 1.54) is 4.88 Å². The average molecular weight is 271 g/mol. The third kappa shape index (κ3) is 3.04. The van der Waals surface area contributed by atoms with Gasteiger partial charge in [0.15, 0.2) is 0 Å². The van der Waals surface area contributed by atoms with Crippen molar-refractivity contribution in [3.8, 4) is 10.4 Å². The molecule has 0 aliphatic rings. The number of hydrogen-bond donors (Lipinski definition) is 2. The molecule has 0 amide bonds. The summed E-state index contributed by atoms with van der Waals surface area (Å²) in [5.74, 6) is 0. The van der Waals surface area contributed by atoms with Gasteiger partial charge in [0, 0.05) is 0 Å². The number of halogens is 1. The molecule has 0 aliphatic heterocycles. The second-order valence-electron chi connectivity index (χ2n) is 3.68. The average Bonchev–Trinajstić information content (AvgIpc) is 2.75. The number of nitrogens with zero attached hydrogens (tertiary/aromatic N) is 1. The molecule has 3 nitrogen and oxygen atoms in total. The van der Waals surface area contributed by atoms with Crippen LogP contribution in [0, 0.1) is 6.92 Å². The van der Waals surface area contributed by atoms with Crippen molar-refractivity contribution >= 4 is 23.7 Å². The van der Waals surface area contributed by atoms with E-state index in [0.717, 1.165) is 16.8 Å². The molecule has 5 heteroatoms. The van der Waals surface area contributed by atoms with Gasteiger partial charge in [-0.3, -0.25) is 0 Å². The van der Waals surface area contributed by atoms with Crippen LogP contribution in [0.15, 0.2) is 29.8 Å². The molecule has 0 radical (unpaired) electrons. The van der Waals surface area contributed by atoms with Gasteiger partial charge >= 0.3 is 0 Å². The highest BCUT2D eigenvalue weighted by Crippen LogP contribution is 2.27. The summed E-state index contributed by atoms with van der Waals surface area (Å²) in [7, 11) is 0. The Kier molecular flexibility index (Phi) is 5.08. The SMILES string of the molecule is Cc1ncsc1-c1ccc(C(N)CO)cc1.Cl. The van der Waals surface area contributed by atoms with Gasteiger partial charge in [0.05, 0.1) is 28.7 Å². The lowest BCUT2D eigenvalue weighted by Gasteiger charge is -2.08. The Hall–Kier alpha value is -0.940. The number of benzene rings is 1. The molecule has 0 aliphatic carbocycles. The van der Waals surface area contributed by atoms with Gasteiger partial charge in [0.2, 0.25) is 0 Å². The number of hydrogen-bond acceptors (Lipinski definition) is 4. The topological polar surface area (TPSA) is 59.1 Å². The van der Waals surface area contributed by atoms with E-state index >= 15 is 0 Å². The van der Waals surface area contributed by atoms with Crippen LogP contribution in [0.25, 0.3) is 10.4 Å². The molecular formula is C12H15ClN2OS. The molecule has 1 aromatic carbocycles. The number of aromatic nitrogens is 1. The second-order valence-corrected chi connectivity index (χ2v) is 4.53. The lowest BCUT2D eigenvalue weighted by molar-refractivity contribution is 0.268. The maximum absolute atomic E-state index is 8.95. The van der Waals surface area contributed by atoms with Crippen molar-refractivity contribution in [2.45, 2.75) is 13.0 Å². The van der Waals surface area contributed by atoms with Crippen LogP contribution < -0.4 is 5.73 Å². The summed E-state index contributed by atoms with van der Waals surface area (Å²) in [4.78, 5) is 5.40. The summed E-state index contributed by atoms with van der Waals surface area (Å²) in [6, 6.07) is 7.65. The van der Waals surface area contributed by atoms with Crippen molar-refractivity contribution in [3.05, 3.63) is 41.0 Å². The highest BCUT2D eigenvalue weighted by molar-refractivity contribution is 7.13. The van der Waals surface area contributed by atoms with Crippen LogP contribution in [-0.2, 0) is 0 Å². The first kappa shape index (κ1) is 14.1. The van der Waals surface area contributed by atoms with Crippen LogP contribution in [0.4, 0.5) is 0 Å². The predicted molar refractivity (Wildman–Crippen MR) is 73.5 cm³/mol. The van der Waals surface area contributed by atoms with Crippen LogP contribution >= 0.6 is 23.7 Å². The van der Waals surface area contributed by atoms with Crippen LogP contribution in [-0.4, -0.2) is 16.7 Å². The van der Waals surface area contributed by atoms with E-state index in [2.05, 4.69) is 4.98 Å². The summed E-state index contributed by atoms with van der Waals surface area (Å²) in [6.45, 7) is 1.97. The molecule has 0 bridgehead atoms. The summed E-state index contributed by atoms with van der Waals surface area (Å²) in [6.07, 6.45) is 0. The van der Waals surface area contributed by atoms with E-state index in [9.17, 15) is 0 Å². The Bertz CT molecular complexity index is 470. The van der Waals surface area contributed by atoms with Crippen LogP contribution in [0.3, 0.4) is 0 Å². The van der Waals surface area contributed by atoms with Crippen molar-refractivity contribution in [2.75, 3.05) is 6.61 Å². The molecule has 17 heavy (non-hydrogen) atoms. The number of aliphatic hydroxyl groups is 1. The molecule has 2 rings (SSSR count). The van der Waals surface area contributed by atoms with Gasteiger partial charge in [-0.2, -0.15) is 0 Å². The Morgan fingerprint density at radius 2 is 2.00 bits per heavy atom. The van der Waals surface area contributed by atoms with E-state index in [-0.39, 0.29) is 25.1 Å². The molecule has 1 unspecified atom stereocenters. The number of aryl methyl sites for hydroxylation is 1. The number of thiazole rings is 1. The van der Waals surface area contributed by atoms with Gasteiger partial charge in [0.25, 0.3) is 0 Å². The normalized spacial score (nSPS) is 11.9. The molecule has 1 atom stereocenters. The third-order valence-corrected chi connectivity index (χ3v) is 3.52. The quantitative estimate of drug-likeness (QED) is 0.901. The fraction of sp³-hybridized carbons (Fsp3) is 0.250. The van der Waals surface area contributed by atoms with E-state index in [1.807, 2.05) is 36.7 Å². The number of rotatable bonds is 3. The minimum atomic E-state index is -0.295. The van der Waals surface area contributed by atoms with Gasteiger partial charge in [-0.25, -0.2) is 4.98 Å². The lowest BCUT2D eigenvalue weighted by atomic mass is 10.1. The van der Waals surface area contributed by atoms with Crippen molar-refractivity contribution in [1.82, 2.24) is 4.98 Å². The largest absolute Gasteiger partial charge is 0.394 e. The van der Waals surface area contributed by atoms with Gasteiger partial charge in [-0.15, -0.1) is 23.7 Å². The van der Waals surface area contributed by atoms with Crippen LogP contribution in [0.2, 0.25) is 0 Å². The minimum absolute atomic E-state index is 0. The predicted octanol–water partition coefficient (Wildman–Crippen LogP) is 2.53. The number of nitrogens with two attached hydrogens (primary N) is 1. The van der Waals surface area contributed by atoms with Crippen LogP contribution in [0.5, 0.6) is 0 Å². The smallest absolute Gasteiger partial charge is 0.0801 e. The highest BCUT2D eigenvalue weighted by atomic mass is 35.5. The first-order valence-corrected chi connectivity index (χ1v) is 5.97. The third-order valence-electron chi connectivity index (χ3n) is 2.54. The summed E-state index contributed by atoms with van der Waals surface area (Å²) >= 11 is 1.63. The van der Waals surface area contributed by atoms with Crippen molar-refractivity contribution < 1.29 is 5.11 Å². The maximum atomic E-state index is 8.95. The highest BCUT2D eigenvalue weighted by Gasteiger charge is 2.07. The fourth-order valence-corrected chi connectivity index (χ4v) is 2.38. The maximum Gasteiger partial charge on any atom is 0.0801 e. The van der Waals surface area contributed by atoms with Gasteiger partial charge in [-0.05, 0) is 18.1 Å². The summed E-state index contributed by atoms with van der Waals surface area (Å²) in [5, 5.41) is 8.95. The first-order chi connectivity index (χ1) is 7.72. The van der Waals surface area contributed by atoms with E-state index in [1.54, 1.807) is 11.3 Å². The summed E-state index contributed by atoms with van der Waals surface area (Å²) in [5.41, 5.74) is 10.7. The monoisotopic (exact) mass is 270 g/mol. The van der Waals surface area contributed by atoms with Gasteiger partial charge < -0.3 is 10.8 Å². The molecule has 0 saturated heterocycles. The molecule has 1 aromatic heterocycles. The fourth-order valence-electron chi connectivity index (χ4n) is 1.57. The van der Waals surface area contributed by atoms with Gasteiger partial charge in [0.1, 0.15) is 0 Å². The molecule has 2 aromatic rings. The molecular weight excluding hydrogens is 256 g/mol.